The van der Waals surface area contributed by atoms with Crippen molar-refractivity contribution in [2.75, 3.05) is 20.8 Å². The second kappa shape index (κ2) is 10.9. The smallest absolute Gasteiger partial charge is 0.251 e. The summed E-state index contributed by atoms with van der Waals surface area (Å²) in [7, 11) is 3.21. The van der Waals surface area contributed by atoms with Crippen LogP contribution in [0, 0.1) is 0 Å². The molecule has 0 saturated carbocycles. The topological polar surface area (TPSA) is 81.2 Å². The molecule has 1 atom stereocenters. The van der Waals surface area contributed by atoms with Gasteiger partial charge in [0.25, 0.3) is 5.91 Å². The van der Waals surface area contributed by atoms with Crippen LogP contribution < -0.4 is 24.8 Å². The van der Waals surface area contributed by atoms with Gasteiger partial charge < -0.3 is 24.8 Å². The normalized spacial score (nSPS) is 14.0. The zero-order chi connectivity index (χ0) is 23.1. The molecule has 1 aliphatic heterocycles. The fourth-order valence-corrected chi connectivity index (χ4v) is 3.55. The molecule has 3 rings (SSSR count). The minimum Gasteiger partial charge on any atom is -0.497 e. The number of nitrogens with zero attached hydrogens (tertiary/aromatic N) is 1. The molecule has 1 unspecified atom stereocenters. The lowest BCUT2D eigenvalue weighted by atomic mass is 10.1. The van der Waals surface area contributed by atoms with Crippen molar-refractivity contribution in [3.05, 3.63) is 53.1 Å². The van der Waals surface area contributed by atoms with Gasteiger partial charge in [0, 0.05) is 36.7 Å². The molecule has 0 aliphatic carbocycles. The van der Waals surface area contributed by atoms with E-state index < -0.39 is 0 Å². The maximum absolute atomic E-state index is 13.0. The largest absolute Gasteiger partial charge is 0.497 e. The van der Waals surface area contributed by atoms with Gasteiger partial charge in [0.05, 0.1) is 32.2 Å². The van der Waals surface area contributed by atoms with Crippen molar-refractivity contribution in [2.24, 2.45) is 4.99 Å². The van der Waals surface area contributed by atoms with E-state index in [1.807, 2.05) is 45.0 Å². The van der Waals surface area contributed by atoms with E-state index in [1.54, 1.807) is 26.4 Å². The Morgan fingerprint density at radius 3 is 2.38 bits per heavy atom. The van der Waals surface area contributed by atoms with Crippen molar-refractivity contribution in [3.63, 3.8) is 0 Å². The molecule has 7 heteroatoms. The first-order valence-electron chi connectivity index (χ1n) is 11.0. The van der Waals surface area contributed by atoms with Crippen LogP contribution in [0.25, 0.3) is 0 Å². The van der Waals surface area contributed by atoms with Gasteiger partial charge in [-0.2, -0.15) is 0 Å². The number of amidine groups is 1. The first-order valence-corrected chi connectivity index (χ1v) is 11.0. The molecule has 2 N–H and O–H groups in total. The summed E-state index contributed by atoms with van der Waals surface area (Å²) in [4.78, 5) is 17.5. The Balaban J connectivity index is 1.77. The Morgan fingerprint density at radius 1 is 1.06 bits per heavy atom. The lowest BCUT2D eigenvalue weighted by molar-refractivity contribution is 0.0939. The second-order valence-electron chi connectivity index (χ2n) is 8.12. The van der Waals surface area contributed by atoms with E-state index in [9.17, 15) is 4.79 Å². The van der Waals surface area contributed by atoms with Crippen molar-refractivity contribution in [1.29, 1.82) is 0 Å². The highest BCUT2D eigenvalue weighted by atomic mass is 16.5. The molecule has 0 bridgehead atoms. The monoisotopic (exact) mass is 439 g/mol. The highest BCUT2D eigenvalue weighted by Crippen LogP contribution is 2.27. The van der Waals surface area contributed by atoms with Gasteiger partial charge in [-0.1, -0.05) is 0 Å². The molecule has 0 fully saturated rings. The van der Waals surface area contributed by atoms with E-state index in [0.29, 0.717) is 23.6 Å². The van der Waals surface area contributed by atoms with Gasteiger partial charge in [-0.25, -0.2) is 0 Å². The molecule has 1 amide bonds. The van der Waals surface area contributed by atoms with Crippen LogP contribution in [0.15, 0.2) is 41.4 Å². The fourth-order valence-electron chi connectivity index (χ4n) is 3.55. The number of carbonyl (C=O) groups excluding carboxylic acids is 1. The number of hydrogen-bond acceptors (Lipinski definition) is 6. The Kier molecular flexibility index (Phi) is 7.98. The van der Waals surface area contributed by atoms with Crippen LogP contribution in [0.1, 0.15) is 61.1 Å². The molecule has 0 aromatic heterocycles. The van der Waals surface area contributed by atoms with Crippen LogP contribution >= 0.6 is 0 Å². The first-order chi connectivity index (χ1) is 15.4. The SMILES string of the molecule is COc1cc(OC)cc(C(C)NC(=O)c2ccc(OC(C)C)c(CNC3=NCCC3)c2)c1. The number of amides is 1. The van der Waals surface area contributed by atoms with Gasteiger partial charge in [-0.3, -0.25) is 9.79 Å². The minimum atomic E-state index is -0.229. The molecule has 7 nitrogen and oxygen atoms in total. The second-order valence-corrected chi connectivity index (χ2v) is 8.12. The highest BCUT2D eigenvalue weighted by Gasteiger charge is 2.17. The van der Waals surface area contributed by atoms with Gasteiger partial charge >= 0.3 is 0 Å². The predicted octanol–water partition coefficient (Wildman–Crippen LogP) is 4.26. The molecule has 0 radical (unpaired) electrons. The fraction of sp³-hybridized carbons (Fsp3) is 0.440. The third kappa shape index (κ3) is 6.15. The predicted molar refractivity (Wildman–Crippen MR) is 126 cm³/mol. The zero-order valence-corrected chi connectivity index (χ0v) is 19.5. The average Bonchev–Trinajstić information content (AvgIpc) is 3.31. The maximum atomic E-state index is 13.0. The summed E-state index contributed by atoms with van der Waals surface area (Å²) in [6.07, 6.45) is 2.08. The molecule has 0 saturated heterocycles. The molecule has 2 aromatic rings. The van der Waals surface area contributed by atoms with Crippen LogP contribution in [-0.2, 0) is 6.54 Å². The zero-order valence-electron chi connectivity index (χ0n) is 19.5. The van der Waals surface area contributed by atoms with E-state index in [-0.39, 0.29) is 18.1 Å². The van der Waals surface area contributed by atoms with Gasteiger partial charge in [0.2, 0.25) is 0 Å². The third-order valence-electron chi connectivity index (χ3n) is 5.26. The summed E-state index contributed by atoms with van der Waals surface area (Å²) in [5, 5.41) is 6.44. The Morgan fingerprint density at radius 2 is 1.78 bits per heavy atom. The van der Waals surface area contributed by atoms with Crippen LogP contribution in [-0.4, -0.2) is 38.6 Å². The average molecular weight is 440 g/mol. The van der Waals surface area contributed by atoms with Crippen molar-refractivity contribution < 1.29 is 19.0 Å². The summed E-state index contributed by atoms with van der Waals surface area (Å²) in [6, 6.07) is 10.9. The third-order valence-corrected chi connectivity index (χ3v) is 5.26. The summed E-state index contributed by atoms with van der Waals surface area (Å²) in [5.74, 6) is 2.98. The van der Waals surface area contributed by atoms with Crippen LogP contribution in [0.5, 0.6) is 17.2 Å². The molecule has 2 aromatic carbocycles. The highest BCUT2D eigenvalue weighted by molar-refractivity contribution is 5.95. The van der Waals surface area contributed by atoms with E-state index in [2.05, 4.69) is 15.6 Å². The van der Waals surface area contributed by atoms with Crippen molar-refractivity contribution in [3.8, 4) is 17.2 Å². The van der Waals surface area contributed by atoms with Crippen molar-refractivity contribution in [2.45, 2.75) is 52.3 Å². The number of methoxy groups -OCH3 is 2. The molecule has 1 aliphatic rings. The summed E-state index contributed by atoms with van der Waals surface area (Å²) in [5.41, 5.74) is 2.40. The Labute approximate surface area is 190 Å². The summed E-state index contributed by atoms with van der Waals surface area (Å²) < 4.78 is 16.6. The Bertz CT molecular complexity index is 949. The van der Waals surface area contributed by atoms with E-state index in [1.165, 1.54) is 0 Å². The standard InChI is InChI=1S/C25H33N3O4/c1-16(2)32-23-9-8-18(11-20(23)15-27-24-7-6-10-26-24)25(29)28-17(3)19-12-21(30-4)14-22(13-19)31-5/h8-9,11-14,16-17H,6-7,10,15H2,1-5H3,(H,26,27)(H,28,29). The molecule has 172 valence electrons. The van der Waals surface area contributed by atoms with Gasteiger partial charge in [-0.05, 0) is 63.1 Å². The van der Waals surface area contributed by atoms with Crippen LogP contribution in [0.3, 0.4) is 0 Å². The molecular weight excluding hydrogens is 406 g/mol. The number of hydrogen-bond donors (Lipinski definition) is 2. The van der Waals surface area contributed by atoms with Gasteiger partial charge in [0.1, 0.15) is 17.2 Å². The number of carbonyl (C=O) groups is 1. The minimum absolute atomic E-state index is 0.0420. The van der Waals surface area contributed by atoms with Crippen molar-refractivity contribution >= 4 is 11.7 Å². The van der Waals surface area contributed by atoms with E-state index in [4.69, 9.17) is 14.2 Å². The van der Waals surface area contributed by atoms with E-state index in [0.717, 1.165) is 42.1 Å². The lowest BCUT2D eigenvalue weighted by Gasteiger charge is -2.19. The van der Waals surface area contributed by atoms with Gasteiger partial charge in [0.15, 0.2) is 0 Å². The number of benzene rings is 2. The van der Waals surface area contributed by atoms with Gasteiger partial charge in [-0.15, -0.1) is 0 Å². The lowest BCUT2D eigenvalue weighted by Crippen LogP contribution is -2.27. The van der Waals surface area contributed by atoms with E-state index >= 15 is 0 Å². The summed E-state index contributed by atoms with van der Waals surface area (Å²) >= 11 is 0. The summed E-state index contributed by atoms with van der Waals surface area (Å²) in [6.45, 7) is 7.34. The maximum Gasteiger partial charge on any atom is 0.251 e. The molecule has 32 heavy (non-hydrogen) atoms. The number of rotatable bonds is 9. The number of aliphatic imine (C=N–C) groups is 1. The Hall–Kier alpha value is -3.22. The molecule has 1 heterocycles. The van der Waals surface area contributed by atoms with Crippen LogP contribution in [0.2, 0.25) is 0 Å². The van der Waals surface area contributed by atoms with Crippen molar-refractivity contribution in [1.82, 2.24) is 10.6 Å². The quantitative estimate of drug-likeness (QED) is 0.610. The molecular formula is C25H33N3O4. The van der Waals surface area contributed by atoms with Crippen LogP contribution in [0.4, 0.5) is 0 Å². The number of ether oxygens (including phenoxy) is 3. The molecule has 0 spiro atoms. The number of nitrogens with one attached hydrogen (secondary N) is 2. The first kappa shape index (κ1) is 23.4.